The molecule has 118 valence electrons. The number of nitrogens with one attached hydrogen (secondary N) is 2. The van der Waals surface area contributed by atoms with Crippen molar-refractivity contribution in [3.05, 3.63) is 23.4 Å². The van der Waals surface area contributed by atoms with Crippen molar-refractivity contribution in [3.63, 3.8) is 0 Å². The van der Waals surface area contributed by atoms with Crippen molar-refractivity contribution in [1.82, 2.24) is 10.3 Å². The summed E-state index contributed by atoms with van der Waals surface area (Å²) in [6, 6.07) is 3.53. The molecule has 1 aromatic rings. The molecule has 4 N–H and O–H groups in total. The zero-order chi connectivity index (χ0) is 16.0. The summed E-state index contributed by atoms with van der Waals surface area (Å²) in [5, 5.41) is 3.18. The minimum Gasteiger partial charge on any atom is -0.347 e. The Balaban J connectivity index is 3.09. The summed E-state index contributed by atoms with van der Waals surface area (Å²) in [4.78, 5) is 16.9. The van der Waals surface area contributed by atoms with Gasteiger partial charge in [-0.15, -0.1) is 0 Å². The summed E-state index contributed by atoms with van der Waals surface area (Å²) in [5.74, 6) is 6.13. The van der Waals surface area contributed by atoms with Gasteiger partial charge in [-0.2, -0.15) is 0 Å². The lowest BCUT2D eigenvalue weighted by atomic mass is 9.89. The highest BCUT2D eigenvalue weighted by atomic mass is 16.1. The lowest BCUT2D eigenvalue weighted by Gasteiger charge is -2.32. The van der Waals surface area contributed by atoms with Crippen LogP contribution < -0.4 is 16.6 Å². The second-order valence-electron chi connectivity index (χ2n) is 5.76. The van der Waals surface area contributed by atoms with Gasteiger partial charge in [-0.25, -0.2) is 10.8 Å². The summed E-state index contributed by atoms with van der Waals surface area (Å²) in [6.45, 7) is 10.4. The first-order valence-corrected chi connectivity index (χ1v) is 7.72. The van der Waals surface area contributed by atoms with Gasteiger partial charge >= 0.3 is 0 Å². The fourth-order valence-corrected chi connectivity index (χ4v) is 2.38. The van der Waals surface area contributed by atoms with E-state index in [2.05, 4.69) is 36.5 Å². The van der Waals surface area contributed by atoms with E-state index in [0.29, 0.717) is 11.4 Å². The first kappa shape index (κ1) is 17.4. The molecule has 0 unspecified atom stereocenters. The second-order valence-corrected chi connectivity index (χ2v) is 5.76. The zero-order valence-corrected chi connectivity index (χ0v) is 13.8. The fourth-order valence-electron chi connectivity index (χ4n) is 2.38. The number of hydrogen-bond donors (Lipinski definition) is 3. The number of rotatable bonds is 7. The highest BCUT2D eigenvalue weighted by Gasteiger charge is 2.26. The molecule has 0 atom stereocenters. The maximum Gasteiger partial charge on any atom is 0.251 e. The number of carbonyl (C=O) groups is 1. The van der Waals surface area contributed by atoms with E-state index in [4.69, 9.17) is 5.84 Å². The molecule has 1 heterocycles. The van der Waals surface area contributed by atoms with Gasteiger partial charge in [0.25, 0.3) is 5.91 Å². The predicted molar refractivity (Wildman–Crippen MR) is 87.2 cm³/mol. The van der Waals surface area contributed by atoms with Crippen molar-refractivity contribution in [2.45, 2.75) is 65.3 Å². The van der Waals surface area contributed by atoms with Gasteiger partial charge in [0.05, 0.1) is 0 Å². The molecule has 0 aliphatic heterocycles. The van der Waals surface area contributed by atoms with E-state index >= 15 is 0 Å². The molecular weight excluding hydrogens is 264 g/mol. The third-order valence-corrected chi connectivity index (χ3v) is 4.26. The highest BCUT2D eigenvalue weighted by Crippen LogP contribution is 2.22. The lowest BCUT2D eigenvalue weighted by Crippen LogP contribution is -2.47. The monoisotopic (exact) mass is 292 g/mol. The van der Waals surface area contributed by atoms with Gasteiger partial charge in [-0.05, 0) is 37.3 Å². The predicted octanol–water partition coefficient (Wildman–Crippen LogP) is 3.19. The Morgan fingerprint density at radius 2 is 1.81 bits per heavy atom. The topological polar surface area (TPSA) is 80.0 Å². The van der Waals surface area contributed by atoms with Crippen LogP contribution in [0.5, 0.6) is 0 Å². The average Bonchev–Trinajstić information content (AvgIpc) is 2.51. The van der Waals surface area contributed by atoms with Crippen LogP contribution in [0.1, 0.15) is 75.9 Å². The number of hydrazine groups is 1. The summed E-state index contributed by atoms with van der Waals surface area (Å²) < 4.78 is 0. The Labute approximate surface area is 127 Å². The Hall–Kier alpha value is -1.62. The SMILES string of the molecule is CCC(CC)(CC)NC(=O)c1cc(NN)nc(C(C)C)c1. The van der Waals surface area contributed by atoms with Gasteiger partial charge in [-0.1, -0.05) is 34.6 Å². The lowest BCUT2D eigenvalue weighted by molar-refractivity contribution is 0.0888. The Bertz CT molecular complexity index is 473. The first-order valence-electron chi connectivity index (χ1n) is 7.72. The van der Waals surface area contributed by atoms with Crippen molar-refractivity contribution < 1.29 is 4.79 Å². The van der Waals surface area contributed by atoms with Gasteiger partial charge in [-0.3, -0.25) is 4.79 Å². The molecule has 0 radical (unpaired) electrons. The third-order valence-electron chi connectivity index (χ3n) is 4.26. The Morgan fingerprint density at radius 3 is 2.24 bits per heavy atom. The number of amides is 1. The molecule has 21 heavy (non-hydrogen) atoms. The molecule has 5 nitrogen and oxygen atoms in total. The van der Waals surface area contributed by atoms with Crippen LogP contribution in [0.4, 0.5) is 5.82 Å². The van der Waals surface area contributed by atoms with Gasteiger partial charge in [0.1, 0.15) is 5.82 Å². The zero-order valence-electron chi connectivity index (χ0n) is 13.8. The van der Waals surface area contributed by atoms with Crippen LogP contribution in [0.15, 0.2) is 12.1 Å². The molecule has 0 spiro atoms. The molecule has 0 saturated carbocycles. The summed E-state index contributed by atoms with van der Waals surface area (Å²) >= 11 is 0. The Kier molecular flexibility index (Phi) is 6.15. The molecule has 0 aliphatic rings. The molecule has 1 amide bonds. The molecular formula is C16H28N4O. The fraction of sp³-hybridized carbons (Fsp3) is 0.625. The van der Waals surface area contributed by atoms with Gasteiger partial charge in [0.2, 0.25) is 0 Å². The van der Waals surface area contributed by atoms with Gasteiger partial charge in [0, 0.05) is 16.8 Å². The minimum absolute atomic E-state index is 0.0682. The van der Waals surface area contributed by atoms with Crippen LogP contribution in [0, 0.1) is 0 Å². The molecule has 0 bridgehead atoms. The third kappa shape index (κ3) is 4.17. The van der Waals surface area contributed by atoms with Crippen molar-refractivity contribution >= 4 is 11.7 Å². The smallest absolute Gasteiger partial charge is 0.251 e. The number of nitrogens with zero attached hydrogens (tertiary/aromatic N) is 1. The van der Waals surface area contributed by atoms with Crippen LogP contribution in [0.25, 0.3) is 0 Å². The van der Waals surface area contributed by atoms with E-state index in [0.717, 1.165) is 25.0 Å². The maximum absolute atomic E-state index is 12.6. The van der Waals surface area contributed by atoms with E-state index in [1.165, 1.54) is 0 Å². The van der Waals surface area contributed by atoms with Crippen molar-refractivity contribution in [3.8, 4) is 0 Å². The number of aromatic nitrogens is 1. The first-order chi connectivity index (χ1) is 9.91. The van der Waals surface area contributed by atoms with Crippen LogP contribution in [0.2, 0.25) is 0 Å². The van der Waals surface area contributed by atoms with Crippen LogP contribution in [-0.2, 0) is 0 Å². The van der Waals surface area contributed by atoms with Gasteiger partial charge in [0.15, 0.2) is 0 Å². The normalized spacial score (nSPS) is 11.6. The molecule has 5 heteroatoms. The minimum atomic E-state index is -0.144. The molecule has 0 aromatic carbocycles. The van der Waals surface area contributed by atoms with Crippen molar-refractivity contribution in [2.24, 2.45) is 5.84 Å². The standard InChI is InChI=1S/C16H28N4O/c1-6-16(7-2,8-3)19-15(21)12-9-13(11(4)5)18-14(10-12)20-17/h9-11H,6-8,17H2,1-5H3,(H,18,20)(H,19,21). The van der Waals surface area contributed by atoms with E-state index in [1.54, 1.807) is 6.07 Å². The largest absolute Gasteiger partial charge is 0.347 e. The highest BCUT2D eigenvalue weighted by molar-refractivity contribution is 5.95. The van der Waals surface area contributed by atoms with E-state index < -0.39 is 0 Å². The maximum atomic E-state index is 12.6. The number of pyridine rings is 1. The van der Waals surface area contributed by atoms with Gasteiger partial charge < -0.3 is 10.7 Å². The molecule has 0 aliphatic carbocycles. The number of hydrogen-bond acceptors (Lipinski definition) is 4. The summed E-state index contributed by atoms with van der Waals surface area (Å²) in [6.07, 6.45) is 2.74. The summed E-state index contributed by atoms with van der Waals surface area (Å²) in [5.41, 5.74) is 3.84. The van der Waals surface area contributed by atoms with E-state index in [9.17, 15) is 4.79 Å². The molecule has 1 rings (SSSR count). The molecule has 0 fully saturated rings. The van der Waals surface area contributed by atoms with Crippen molar-refractivity contribution in [1.29, 1.82) is 0 Å². The van der Waals surface area contributed by atoms with Crippen LogP contribution in [0.3, 0.4) is 0 Å². The molecule has 1 aromatic heterocycles. The van der Waals surface area contributed by atoms with E-state index in [1.807, 2.05) is 19.9 Å². The quantitative estimate of drug-likeness (QED) is 0.532. The summed E-state index contributed by atoms with van der Waals surface area (Å²) in [7, 11) is 0. The van der Waals surface area contributed by atoms with Crippen LogP contribution in [-0.4, -0.2) is 16.4 Å². The number of nitrogens with two attached hydrogens (primary N) is 1. The second kappa shape index (κ2) is 7.41. The number of nitrogen functional groups attached to an aromatic ring is 1. The van der Waals surface area contributed by atoms with Crippen molar-refractivity contribution in [2.75, 3.05) is 5.43 Å². The van der Waals surface area contributed by atoms with Crippen LogP contribution >= 0.6 is 0 Å². The number of anilines is 1. The van der Waals surface area contributed by atoms with E-state index in [-0.39, 0.29) is 17.4 Å². The Morgan fingerprint density at radius 1 is 1.24 bits per heavy atom. The molecule has 0 saturated heterocycles. The number of carbonyl (C=O) groups excluding carboxylic acids is 1. The average molecular weight is 292 g/mol.